The standard InChI is InChI=1S/C15H17BrN6O3/c1-3-9(2)19-13-12(22(24)25)14(18-8-17-13)20-21-15(23)10-4-6-11(16)7-5-10/h4-9H,3H2,1-2H3,(H,21,23)(H2,17,18,19,20). The molecule has 0 saturated heterocycles. The van der Waals surface area contributed by atoms with Gasteiger partial charge in [0.1, 0.15) is 6.33 Å². The van der Waals surface area contributed by atoms with Crippen molar-refractivity contribution < 1.29 is 9.72 Å². The minimum absolute atomic E-state index is 0.00110. The number of rotatable bonds is 7. The van der Waals surface area contributed by atoms with Crippen LogP contribution in [0.25, 0.3) is 0 Å². The third-order valence-corrected chi connectivity index (χ3v) is 3.93. The molecule has 9 nitrogen and oxygen atoms in total. The molecule has 0 aliphatic rings. The van der Waals surface area contributed by atoms with E-state index in [2.05, 4.69) is 42.1 Å². The molecule has 1 heterocycles. The first-order valence-electron chi connectivity index (χ1n) is 7.50. The highest BCUT2D eigenvalue weighted by Crippen LogP contribution is 2.29. The first-order chi connectivity index (χ1) is 11.9. The summed E-state index contributed by atoms with van der Waals surface area (Å²) in [6.45, 7) is 3.83. The van der Waals surface area contributed by atoms with Crippen molar-refractivity contribution in [2.75, 3.05) is 10.7 Å². The van der Waals surface area contributed by atoms with E-state index in [-0.39, 0.29) is 23.4 Å². The molecule has 2 aromatic rings. The van der Waals surface area contributed by atoms with Crippen LogP contribution >= 0.6 is 15.9 Å². The van der Waals surface area contributed by atoms with E-state index < -0.39 is 10.8 Å². The Hall–Kier alpha value is -2.75. The van der Waals surface area contributed by atoms with E-state index >= 15 is 0 Å². The molecule has 0 saturated carbocycles. The average molecular weight is 409 g/mol. The van der Waals surface area contributed by atoms with Gasteiger partial charge in [-0.25, -0.2) is 9.97 Å². The number of aromatic nitrogens is 2. The molecule has 0 radical (unpaired) electrons. The summed E-state index contributed by atoms with van der Waals surface area (Å²) in [4.78, 5) is 30.7. The first kappa shape index (κ1) is 18.6. The molecular formula is C15H17BrN6O3. The molecule has 10 heteroatoms. The fourth-order valence-electron chi connectivity index (χ4n) is 1.87. The minimum Gasteiger partial charge on any atom is -0.362 e. The molecule has 1 aromatic heterocycles. The summed E-state index contributed by atoms with van der Waals surface area (Å²) < 4.78 is 0.837. The second kappa shape index (κ2) is 8.38. The summed E-state index contributed by atoms with van der Waals surface area (Å²) in [5, 5.41) is 14.3. The topological polar surface area (TPSA) is 122 Å². The number of carbonyl (C=O) groups excluding carboxylic acids is 1. The van der Waals surface area contributed by atoms with Gasteiger partial charge in [-0.3, -0.25) is 25.8 Å². The van der Waals surface area contributed by atoms with Gasteiger partial charge in [-0.2, -0.15) is 0 Å². The van der Waals surface area contributed by atoms with E-state index in [0.29, 0.717) is 5.56 Å². The number of hydrogen-bond acceptors (Lipinski definition) is 7. The van der Waals surface area contributed by atoms with Gasteiger partial charge in [0.2, 0.25) is 11.6 Å². The zero-order valence-corrected chi connectivity index (χ0v) is 15.2. The Kier molecular flexibility index (Phi) is 6.23. The van der Waals surface area contributed by atoms with Gasteiger partial charge in [0.15, 0.2) is 0 Å². The number of anilines is 2. The van der Waals surface area contributed by atoms with Crippen LogP contribution in [0, 0.1) is 10.1 Å². The van der Waals surface area contributed by atoms with Crippen molar-refractivity contribution in [1.29, 1.82) is 0 Å². The highest BCUT2D eigenvalue weighted by Gasteiger charge is 2.24. The van der Waals surface area contributed by atoms with Crippen LogP contribution < -0.4 is 16.2 Å². The molecule has 0 aliphatic carbocycles. The highest BCUT2D eigenvalue weighted by atomic mass is 79.9. The van der Waals surface area contributed by atoms with Crippen LogP contribution in [0.1, 0.15) is 30.6 Å². The number of nitrogens with zero attached hydrogens (tertiary/aromatic N) is 3. The third kappa shape index (κ3) is 4.86. The van der Waals surface area contributed by atoms with Gasteiger partial charge in [0, 0.05) is 16.1 Å². The monoisotopic (exact) mass is 408 g/mol. The van der Waals surface area contributed by atoms with Crippen LogP contribution in [0.2, 0.25) is 0 Å². The van der Waals surface area contributed by atoms with Crippen molar-refractivity contribution in [3.8, 4) is 0 Å². The second-order valence-corrected chi connectivity index (χ2v) is 6.13. The normalized spacial score (nSPS) is 11.5. The Labute approximate surface area is 152 Å². The fraction of sp³-hybridized carbons (Fsp3) is 0.267. The molecule has 1 atom stereocenters. The molecule has 0 bridgehead atoms. The SMILES string of the molecule is CCC(C)Nc1ncnc(NNC(=O)c2ccc(Br)cc2)c1[N+](=O)[O-]. The van der Waals surface area contributed by atoms with Gasteiger partial charge in [-0.15, -0.1) is 0 Å². The number of nitrogens with one attached hydrogen (secondary N) is 3. The summed E-state index contributed by atoms with van der Waals surface area (Å²) in [6.07, 6.45) is 1.95. The molecule has 0 aliphatic heterocycles. The summed E-state index contributed by atoms with van der Waals surface area (Å²) in [7, 11) is 0. The van der Waals surface area contributed by atoms with E-state index in [1.54, 1.807) is 24.3 Å². The number of hydrazine groups is 1. The second-order valence-electron chi connectivity index (χ2n) is 5.22. The van der Waals surface area contributed by atoms with Gasteiger partial charge >= 0.3 is 5.69 Å². The number of carbonyl (C=O) groups is 1. The maximum Gasteiger partial charge on any atom is 0.354 e. The summed E-state index contributed by atoms with van der Waals surface area (Å²) >= 11 is 3.28. The number of halogens is 1. The molecule has 132 valence electrons. The lowest BCUT2D eigenvalue weighted by Gasteiger charge is -2.14. The Morgan fingerprint density at radius 2 is 1.92 bits per heavy atom. The summed E-state index contributed by atoms with van der Waals surface area (Å²) in [5.74, 6) is -0.456. The predicted octanol–water partition coefficient (Wildman–Crippen LogP) is 3.11. The minimum atomic E-state index is -0.598. The lowest BCUT2D eigenvalue weighted by Crippen LogP contribution is -2.30. The number of nitro groups is 1. The summed E-state index contributed by atoms with van der Waals surface area (Å²) in [6, 6.07) is 6.67. The predicted molar refractivity (Wildman–Crippen MR) is 97.3 cm³/mol. The molecule has 3 N–H and O–H groups in total. The van der Waals surface area contributed by atoms with Crippen LogP contribution in [0.15, 0.2) is 35.1 Å². The smallest absolute Gasteiger partial charge is 0.354 e. The van der Waals surface area contributed by atoms with Gasteiger partial charge in [0.25, 0.3) is 5.91 Å². The quantitative estimate of drug-likeness (QED) is 0.474. The molecule has 1 aromatic carbocycles. The van der Waals surface area contributed by atoms with E-state index in [1.807, 2.05) is 13.8 Å². The maximum absolute atomic E-state index is 12.1. The maximum atomic E-state index is 12.1. The van der Waals surface area contributed by atoms with Gasteiger partial charge in [0.05, 0.1) is 4.92 Å². The number of benzene rings is 1. The lowest BCUT2D eigenvalue weighted by molar-refractivity contribution is -0.383. The molecule has 1 unspecified atom stereocenters. The van der Waals surface area contributed by atoms with Gasteiger partial charge in [-0.1, -0.05) is 22.9 Å². The molecule has 2 rings (SSSR count). The van der Waals surface area contributed by atoms with Gasteiger partial charge < -0.3 is 5.32 Å². The Bertz CT molecular complexity index is 768. The van der Waals surface area contributed by atoms with Crippen molar-refractivity contribution in [2.45, 2.75) is 26.3 Å². The van der Waals surface area contributed by atoms with Crippen molar-refractivity contribution in [3.63, 3.8) is 0 Å². The van der Waals surface area contributed by atoms with Gasteiger partial charge in [-0.05, 0) is 37.6 Å². The highest BCUT2D eigenvalue weighted by molar-refractivity contribution is 9.10. The molecule has 0 fully saturated rings. The lowest BCUT2D eigenvalue weighted by atomic mass is 10.2. The van der Waals surface area contributed by atoms with Crippen LogP contribution in [-0.4, -0.2) is 26.8 Å². The molecule has 25 heavy (non-hydrogen) atoms. The zero-order valence-electron chi connectivity index (χ0n) is 13.6. The van der Waals surface area contributed by atoms with Crippen molar-refractivity contribution >= 4 is 39.2 Å². The van der Waals surface area contributed by atoms with Crippen molar-refractivity contribution in [1.82, 2.24) is 15.4 Å². The Morgan fingerprint density at radius 1 is 1.28 bits per heavy atom. The van der Waals surface area contributed by atoms with E-state index in [0.717, 1.165) is 10.9 Å². The van der Waals surface area contributed by atoms with Crippen LogP contribution in [0.4, 0.5) is 17.3 Å². The van der Waals surface area contributed by atoms with Crippen molar-refractivity contribution in [2.24, 2.45) is 0 Å². The van der Waals surface area contributed by atoms with Crippen LogP contribution in [0.3, 0.4) is 0 Å². The van der Waals surface area contributed by atoms with Crippen molar-refractivity contribution in [3.05, 3.63) is 50.7 Å². The zero-order chi connectivity index (χ0) is 18.4. The fourth-order valence-corrected chi connectivity index (χ4v) is 2.14. The van der Waals surface area contributed by atoms with E-state index in [1.165, 1.54) is 6.33 Å². The van der Waals surface area contributed by atoms with Crippen LogP contribution in [-0.2, 0) is 0 Å². The molecule has 1 amide bonds. The largest absolute Gasteiger partial charge is 0.362 e. The Balaban J connectivity index is 2.18. The average Bonchev–Trinajstić information content (AvgIpc) is 2.59. The number of amides is 1. The van der Waals surface area contributed by atoms with E-state index in [4.69, 9.17) is 0 Å². The Morgan fingerprint density at radius 3 is 2.52 bits per heavy atom. The summed E-state index contributed by atoms with van der Waals surface area (Å²) in [5.41, 5.74) is 4.95. The third-order valence-electron chi connectivity index (χ3n) is 3.40. The first-order valence-corrected chi connectivity index (χ1v) is 8.29. The molecule has 0 spiro atoms. The number of hydrogen-bond donors (Lipinski definition) is 3. The molecular weight excluding hydrogens is 392 g/mol. The van der Waals surface area contributed by atoms with Crippen LogP contribution in [0.5, 0.6) is 0 Å². The van der Waals surface area contributed by atoms with E-state index in [9.17, 15) is 14.9 Å².